The minimum atomic E-state index is -5.13. The van der Waals surface area contributed by atoms with E-state index in [1.807, 2.05) is 6.92 Å². The minimum absolute atomic E-state index is 0.00398. The summed E-state index contributed by atoms with van der Waals surface area (Å²) >= 11 is 0. The Hall–Kier alpha value is -2.58. The number of esters is 1. The van der Waals surface area contributed by atoms with Crippen LogP contribution in [-0.4, -0.2) is 47.1 Å². The molecule has 1 saturated heterocycles. The van der Waals surface area contributed by atoms with Crippen molar-refractivity contribution in [3.63, 3.8) is 0 Å². The van der Waals surface area contributed by atoms with Crippen molar-refractivity contribution in [2.24, 2.45) is 0 Å². The number of nitrogens with zero attached hydrogens (tertiary/aromatic N) is 1. The molecule has 0 bridgehead atoms. The van der Waals surface area contributed by atoms with Crippen LogP contribution >= 0.6 is 0 Å². The van der Waals surface area contributed by atoms with Gasteiger partial charge < -0.3 is 14.2 Å². The summed E-state index contributed by atoms with van der Waals surface area (Å²) in [5.74, 6) is 3.29. The quantitative estimate of drug-likeness (QED) is 0.554. The van der Waals surface area contributed by atoms with Crippen LogP contribution in [0, 0.1) is 18.8 Å². The molecule has 1 fully saturated rings. The zero-order valence-corrected chi connectivity index (χ0v) is 15.9. The summed E-state index contributed by atoms with van der Waals surface area (Å²) in [7, 11) is 0. The smallest absolute Gasteiger partial charge is 0.456 e. The van der Waals surface area contributed by atoms with Gasteiger partial charge in [0, 0.05) is 24.6 Å². The van der Waals surface area contributed by atoms with Gasteiger partial charge in [0.05, 0.1) is 6.10 Å². The fraction of sp³-hybridized carbons (Fsp3) is 0.611. The number of hydrogen-bond acceptors (Lipinski definition) is 6. The van der Waals surface area contributed by atoms with Crippen LogP contribution in [0.4, 0.5) is 13.2 Å². The zero-order chi connectivity index (χ0) is 21.6. The first kappa shape index (κ1) is 22.7. The normalized spacial score (nSPS) is 21.5. The van der Waals surface area contributed by atoms with E-state index >= 15 is 0 Å². The van der Waals surface area contributed by atoms with E-state index in [0.29, 0.717) is 6.42 Å². The van der Waals surface area contributed by atoms with E-state index in [0.717, 1.165) is 11.0 Å². The van der Waals surface area contributed by atoms with E-state index in [2.05, 4.69) is 21.6 Å². The minimum Gasteiger partial charge on any atom is -0.456 e. The number of unbranched alkanes of at least 4 members (excludes halogenated alkanes) is 1. The van der Waals surface area contributed by atoms with Crippen molar-refractivity contribution >= 4 is 5.97 Å². The van der Waals surface area contributed by atoms with Crippen molar-refractivity contribution in [1.82, 2.24) is 9.55 Å². The number of ether oxygens (including phenoxy) is 3. The number of alkyl halides is 3. The number of aromatic amines is 1. The molecule has 0 aliphatic carbocycles. The van der Waals surface area contributed by atoms with Crippen molar-refractivity contribution < 1.29 is 32.2 Å². The number of nitrogens with one attached hydrogen (secondary N) is 1. The van der Waals surface area contributed by atoms with Gasteiger partial charge in [-0.15, -0.1) is 5.92 Å². The molecule has 29 heavy (non-hydrogen) atoms. The largest absolute Gasteiger partial charge is 0.490 e. The van der Waals surface area contributed by atoms with Crippen molar-refractivity contribution in [1.29, 1.82) is 0 Å². The second-order valence-corrected chi connectivity index (χ2v) is 6.39. The highest BCUT2D eigenvalue weighted by Gasteiger charge is 2.43. The van der Waals surface area contributed by atoms with Gasteiger partial charge in [0.2, 0.25) is 0 Å². The molecule has 1 aliphatic heterocycles. The predicted octanol–water partition coefficient (Wildman–Crippen LogP) is 1.43. The maximum atomic E-state index is 12.4. The Morgan fingerprint density at radius 2 is 2.10 bits per heavy atom. The van der Waals surface area contributed by atoms with Gasteiger partial charge in [0.15, 0.2) is 0 Å². The lowest BCUT2D eigenvalue weighted by atomic mass is 10.2. The SMILES string of the molecule is CCCC#CCO[C@H]1C[C@H](n2cc(C)c(=O)[nH]c2=O)O[C@@H]1COC(=O)C(F)(F)F. The highest BCUT2D eigenvalue weighted by molar-refractivity contribution is 5.75. The van der Waals surface area contributed by atoms with Crippen LogP contribution in [-0.2, 0) is 19.0 Å². The zero-order valence-electron chi connectivity index (χ0n) is 15.9. The van der Waals surface area contributed by atoms with E-state index in [-0.39, 0.29) is 18.6 Å². The number of H-pyrrole nitrogens is 1. The van der Waals surface area contributed by atoms with Crippen LogP contribution in [0.5, 0.6) is 0 Å². The maximum absolute atomic E-state index is 12.4. The third kappa shape index (κ3) is 6.20. The Bertz CT molecular complexity index is 896. The number of carbonyl (C=O) groups excluding carboxylic acids is 1. The van der Waals surface area contributed by atoms with Gasteiger partial charge in [-0.2, -0.15) is 13.2 Å². The van der Waals surface area contributed by atoms with Crippen LogP contribution in [0.3, 0.4) is 0 Å². The lowest BCUT2D eigenvalue weighted by Crippen LogP contribution is -2.34. The molecule has 2 heterocycles. The summed E-state index contributed by atoms with van der Waals surface area (Å²) in [6.07, 6.45) is -4.94. The fourth-order valence-electron chi connectivity index (χ4n) is 2.65. The predicted molar refractivity (Wildman–Crippen MR) is 94.0 cm³/mol. The van der Waals surface area contributed by atoms with Crippen molar-refractivity contribution in [2.45, 2.75) is 57.7 Å². The molecular weight excluding hydrogens is 397 g/mol. The molecular formula is C18H21F3N2O6. The molecule has 1 aliphatic rings. The molecule has 0 amide bonds. The maximum Gasteiger partial charge on any atom is 0.490 e. The first-order chi connectivity index (χ1) is 13.6. The molecule has 8 nitrogen and oxygen atoms in total. The summed E-state index contributed by atoms with van der Waals surface area (Å²) in [6.45, 7) is 2.74. The van der Waals surface area contributed by atoms with Gasteiger partial charge in [-0.1, -0.05) is 12.8 Å². The molecule has 160 valence electrons. The number of hydrogen-bond donors (Lipinski definition) is 1. The second kappa shape index (κ2) is 9.76. The van der Waals surface area contributed by atoms with E-state index in [9.17, 15) is 27.6 Å². The highest BCUT2D eigenvalue weighted by Crippen LogP contribution is 2.30. The molecule has 2 rings (SSSR count). The van der Waals surface area contributed by atoms with Crippen LogP contribution in [0.25, 0.3) is 0 Å². The number of halogens is 3. The van der Waals surface area contributed by atoms with Crippen LogP contribution in [0.2, 0.25) is 0 Å². The molecule has 3 atom stereocenters. The number of carbonyl (C=O) groups is 1. The van der Waals surface area contributed by atoms with E-state index < -0.39 is 48.4 Å². The second-order valence-electron chi connectivity index (χ2n) is 6.39. The average molecular weight is 418 g/mol. The fourth-order valence-corrected chi connectivity index (χ4v) is 2.65. The molecule has 0 saturated carbocycles. The van der Waals surface area contributed by atoms with Crippen molar-refractivity contribution in [2.75, 3.05) is 13.2 Å². The van der Waals surface area contributed by atoms with E-state index in [4.69, 9.17) is 9.47 Å². The van der Waals surface area contributed by atoms with Crippen molar-refractivity contribution in [3.05, 3.63) is 32.6 Å². The Kier molecular flexibility index (Phi) is 7.64. The van der Waals surface area contributed by atoms with Gasteiger partial charge in [-0.05, 0) is 13.3 Å². The van der Waals surface area contributed by atoms with E-state index in [1.54, 1.807) is 0 Å². The third-order valence-electron chi connectivity index (χ3n) is 4.12. The van der Waals surface area contributed by atoms with Crippen LogP contribution < -0.4 is 11.2 Å². The van der Waals surface area contributed by atoms with Crippen LogP contribution in [0.15, 0.2) is 15.8 Å². The number of aryl methyl sites for hydroxylation is 1. The molecule has 0 spiro atoms. The van der Waals surface area contributed by atoms with Gasteiger partial charge in [0.1, 0.15) is 25.5 Å². The average Bonchev–Trinajstić information content (AvgIpc) is 3.04. The monoisotopic (exact) mass is 418 g/mol. The summed E-state index contributed by atoms with van der Waals surface area (Å²) in [5, 5.41) is 0. The Labute approximate surface area is 164 Å². The van der Waals surface area contributed by atoms with E-state index in [1.165, 1.54) is 13.1 Å². The lowest BCUT2D eigenvalue weighted by molar-refractivity contribution is -0.204. The Morgan fingerprint density at radius 1 is 1.38 bits per heavy atom. The standard InChI is InChI=1S/C18H21F3N2O6/c1-3-4-5-6-7-27-12-8-14(23-9-11(2)15(24)22-17(23)26)29-13(12)10-28-16(25)18(19,20)21/h9,12-14H,3-4,7-8,10H2,1-2H3,(H,22,24,26)/t12-,13+,14+/m0/s1. The molecule has 11 heteroatoms. The Morgan fingerprint density at radius 3 is 2.76 bits per heavy atom. The summed E-state index contributed by atoms with van der Waals surface area (Å²) < 4.78 is 53.7. The topological polar surface area (TPSA) is 99.6 Å². The van der Waals surface area contributed by atoms with Gasteiger partial charge >= 0.3 is 17.8 Å². The summed E-state index contributed by atoms with van der Waals surface area (Å²) in [4.78, 5) is 36.7. The molecule has 0 radical (unpaired) electrons. The Balaban J connectivity index is 2.14. The number of rotatable bonds is 6. The first-order valence-electron chi connectivity index (χ1n) is 8.92. The number of aromatic nitrogens is 2. The van der Waals surface area contributed by atoms with Crippen molar-refractivity contribution in [3.8, 4) is 11.8 Å². The molecule has 0 aromatic carbocycles. The van der Waals surface area contributed by atoms with Gasteiger partial charge in [-0.25, -0.2) is 9.59 Å². The molecule has 0 unspecified atom stereocenters. The summed E-state index contributed by atoms with van der Waals surface area (Å²) in [5.41, 5.74) is -1.04. The summed E-state index contributed by atoms with van der Waals surface area (Å²) in [6, 6.07) is 0. The third-order valence-corrected chi connectivity index (χ3v) is 4.12. The lowest BCUT2D eigenvalue weighted by Gasteiger charge is -2.18. The van der Waals surface area contributed by atoms with Gasteiger partial charge in [-0.3, -0.25) is 14.3 Å². The first-order valence-corrected chi connectivity index (χ1v) is 8.92. The van der Waals surface area contributed by atoms with Gasteiger partial charge in [0.25, 0.3) is 5.56 Å². The molecule has 1 aromatic rings. The highest BCUT2D eigenvalue weighted by atomic mass is 19.4. The molecule has 1 aromatic heterocycles. The van der Waals surface area contributed by atoms with Crippen LogP contribution in [0.1, 0.15) is 38.0 Å². The molecule has 1 N–H and O–H groups in total.